The van der Waals surface area contributed by atoms with E-state index in [1.165, 1.54) is 0 Å². The Balaban J connectivity index is 2.02. The second-order valence-electron chi connectivity index (χ2n) is 4.49. The summed E-state index contributed by atoms with van der Waals surface area (Å²) >= 11 is 0. The molecule has 0 heterocycles. The van der Waals surface area contributed by atoms with Crippen LogP contribution in [0.3, 0.4) is 0 Å². The van der Waals surface area contributed by atoms with E-state index in [0.29, 0.717) is 19.8 Å². The molecule has 21 heavy (non-hydrogen) atoms. The fourth-order valence-electron chi connectivity index (χ4n) is 2.01. The first-order valence-electron chi connectivity index (χ1n) is 7.08. The molecule has 2 amide bonds. The minimum absolute atomic E-state index is 0.224. The highest BCUT2D eigenvalue weighted by atomic mass is 16.5. The van der Waals surface area contributed by atoms with Crippen LogP contribution in [0.2, 0.25) is 0 Å². The number of hydrogen-bond donors (Lipinski definition) is 2. The summed E-state index contributed by atoms with van der Waals surface area (Å²) in [6.45, 7) is 3.59. The number of hydrogen-bond acceptors (Lipinski definition) is 2. The van der Waals surface area contributed by atoms with Crippen LogP contribution in [-0.4, -0.2) is 25.8 Å². The van der Waals surface area contributed by atoms with Crippen molar-refractivity contribution in [1.29, 1.82) is 0 Å². The lowest BCUT2D eigenvalue weighted by atomic mass is 10.0. The maximum absolute atomic E-state index is 11.9. The topological polar surface area (TPSA) is 50.4 Å². The summed E-state index contributed by atoms with van der Waals surface area (Å²) in [5, 5.41) is 5.65. The van der Waals surface area contributed by atoms with Crippen molar-refractivity contribution in [2.24, 2.45) is 0 Å². The zero-order valence-corrected chi connectivity index (χ0v) is 12.1. The Morgan fingerprint density at radius 1 is 1.05 bits per heavy atom. The Labute approximate surface area is 125 Å². The van der Waals surface area contributed by atoms with Gasteiger partial charge in [-0.05, 0) is 18.6 Å². The fraction of sp³-hybridized carbons (Fsp3) is 0.235. The zero-order valence-electron chi connectivity index (χ0n) is 12.1. The van der Waals surface area contributed by atoms with Gasteiger partial charge in [0.2, 0.25) is 0 Å². The van der Waals surface area contributed by atoms with Gasteiger partial charge in [-0.25, -0.2) is 4.79 Å². The van der Waals surface area contributed by atoms with Gasteiger partial charge in [0.15, 0.2) is 0 Å². The Kier molecular flexibility index (Phi) is 5.79. The molecule has 0 aliphatic rings. The number of anilines is 1. The minimum Gasteiger partial charge on any atom is -0.380 e. The summed E-state index contributed by atoms with van der Waals surface area (Å²) in [7, 11) is 0. The van der Waals surface area contributed by atoms with Crippen molar-refractivity contribution in [2.75, 3.05) is 25.1 Å². The van der Waals surface area contributed by atoms with E-state index >= 15 is 0 Å². The largest absolute Gasteiger partial charge is 0.380 e. The van der Waals surface area contributed by atoms with E-state index in [2.05, 4.69) is 10.6 Å². The van der Waals surface area contributed by atoms with Crippen molar-refractivity contribution >= 4 is 11.7 Å². The highest BCUT2D eigenvalue weighted by Crippen LogP contribution is 2.27. The van der Waals surface area contributed by atoms with E-state index < -0.39 is 0 Å². The van der Waals surface area contributed by atoms with Crippen molar-refractivity contribution in [2.45, 2.75) is 6.92 Å². The van der Waals surface area contributed by atoms with Gasteiger partial charge >= 0.3 is 6.03 Å². The molecule has 0 unspecified atom stereocenters. The van der Waals surface area contributed by atoms with E-state index in [0.717, 1.165) is 16.8 Å². The van der Waals surface area contributed by atoms with E-state index in [1.807, 2.05) is 61.5 Å². The average Bonchev–Trinajstić information content (AvgIpc) is 2.53. The predicted molar refractivity (Wildman–Crippen MR) is 85.4 cm³/mol. The molecule has 0 saturated heterocycles. The molecule has 0 aromatic heterocycles. The summed E-state index contributed by atoms with van der Waals surface area (Å²) in [6, 6.07) is 17.5. The number of carbonyl (C=O) groups excluding carboxylic acids is 1. The number of rotatable bonds is 6. The summed E-state index contributed by atoms with van der Waals surface area (Å²) in [5.74, 6) is 0. The van der Waals surface area contributed by atoms with Crippen molar-refractivity contribution in [3.05, 3.63) is 54.6 Å². The van der Waals surface area contributed by atoms with Crippen LogP contribution < -0.4 is 10.6 Å². The molecule has 2 aromatic rings. The summed E-state index contributed by atoms with van der Waals surface area (Å²) in [5.41, 5.74) is 2.86. The third kappa shape index (κ3) is 4.61. The molecule has 4 heteroatoms. The Bertz CT molecular complexity index is 570. The smallest absolute Gasteiger partial charge is 0.319 e. The summed E-state index contributed by atoms with van der Waals surface area (Å²) < 4.78 is 5.18. The monoisotopic (exact) mass is 284 g/mol. The lowest BCUT2D eigenvalue weighted by Crippen LogP contribution is -2.31. The number of benzene rings is 2. The highest BCUT2D eigenvalue weighted by Gasteiger charge is 2.07. The maximum atomic E-state index is 11.9. The van der Waals surface area contributed by atoms with Gasteiger partial charge in [0.25, 0.3) is 0 Å². The van der Waals surface area contributed by atoms with E-state index in [4.69, 9.17) is 4.74 Å². The molecule has 0 aliphatic heterocycles. The van der Waals surface area contributed by atoms with E-state index in [1.54, 1.807) is 0 Å². The SMILES string of the molecule is CCOCCNC(=O)Nc1ccccc1-c1ccccc1. The number of urea groups is 1. The van der Waals surface area contributed by atoms with Gasteiger partial charge in [-0.3, -0.25) is 0 Å². The van der Waals surface area contributed by atoms with Crippen LogP contribution >= 0.6 is 0 Å². The third-order valence-electron chi connectivity index (χ3n) is 3.00. The Morgan fingerprint density at radius 2 is 1.76 bits per heavy atom. The second-order valence-corrected chi connectivity index (χ2v) is 4.49. The minimum atomic E-state index is -0.224. The van der Waals surface area contributed by atoms with Crippen LogP contribution in [0.4, 0.5) is 10.5 Å². The van der Waals surface area contributed by atoms with Crippen LogP contribution in [0.15, 0.2) is 54.6 Å². The van der Waals surface area contributed by atoms with Crippen molar-refractivity contribution in [3.63, 3.8) is 0 Å². The number of ether oxygens (including phenoxy) is 1. The molecule has 2 rings (SSSR count). The lowest BCUT2D eigenvalue weighted by Gasteiger charge is -2.12. The molecule has 110 valence electrons. The Hall–Kier alpha value is -2.33. The first-order chi connectivity index (χ1) is 10.3. The molecule has 2 aromatic carbocycles. The third-order valence-corrected chi connectivity index (χ3v) is 3.00. The summed E-state index contributed by atoms with van der Waals surface area (Å²) in [4.78, 5) is 11.9. The molecule has 2 N–H and O–H groups in total. The summed E-state index contributed by atoms with van der Waals surface area (Å²) in [6.07, 6.45) is 0. The van der Waals surface area contributed by atoms with Crippen molar-refractivity contribution in [3.8, 4) is 11.1 Å². The number of amides is 2. The van der Waals surface area contributed by atoms with Crippen LogP contribution in [0.25, 0.3) is 11.1 Å². The molecule has 0 atom stereocenters. The van der Waals surface area contributed by atoms with Gasteiger partial charge in [0, 0.05) is 18.7 Å². The fourth-order valence-corrected chi connectivity index (χ4v) is 2.01. The maximum Gasteiger partial charge on any atom is 0.319 e. The normalized spacial score (nSPS) is 10.1. The van der Waals surface area contributed by atoms with Gasteiger partial charge in [0.1, 0.15) is 0 Å². The molecular weight excluding hydrogens is 264 g/mol. The van der Waals surface area contributed by atoms with Crippen molar-refractivity contribution in [1.82, 2.24) is 5.32 Å². The first-order valence-corrected chi connectivity index (χ1v) is 7.08. The number of carbonyl (C=O) groups is 1. The quantitative estimate of drug-likeness (QED) is 0.797. The predicted octanol–water partition coefficient (Wildman–Crippen LogP) is 3.51. The molecule has 0 fully saturated rings. The second kappa shape index (κ2) is 8.07. The molecular formula is C17H20N2O2. The van der Waals surface area contributed by atoms with Gasteiger partial charge in [-0.1, -0.05) is 48.5 Å². The number of para-hydroxylation sites is 1. The molecule has 0 bridgehead atoms. The van der Waals surface area contributed by atoms with Gasteiger partial charge in [-0.2, -0.15) is 0 Å². The highest BCUT2D eigenvalue weighted by molar-refractivity contribution is 5.94. The Morgan fingerprint density at radius 3 is 2.52 bits per heavy atom. The molecule has 0 radical (unpaired) electrons. The molecule has 4 nitrogen and oxygen atoms in total. The van der Waals surface area contributed by atoms with Crippen molar-refractivity contribution < 1.29 is 9.53 Å². The molecule has 0 aliphatic carbocycles. The van der Waals surface area contributed by atoms with E-state index in [9.17, 15) is 4.79 Å². The van der Waals surface area contributed by atoms with Crippen LogP contribution in [0.5, 0.6) is 0 Å². The molecule has 0 saturated carbocycles. The van der Waals surface area contributed by atoms with Crippen LogP contribution in [0, 0.1) is 0 Å². The lowest BCUT2D eigenvalue weighted by molar-refractivity contribution is 0.150. The van der Waals surface area contributed by atoms with Crippen LogP contribution in [-0.2, 0) is 4.74 Å². The first kappa shape index (κ1) is 15.1. The number of nitrogens with one attached hydrogen (secondary N) is 2. The van der Waals surface area contributed by atoms with Gasteiger partial charge in [0.05, 0.1) is 12.3 Å². The van der Waals surface area contributed by atoms with Crippen LogP contribution in [0.1, 0.15) is 6.92 Å². The van der Waals surface area contributed by atoms with Gasteiger partial charge < -0.3 is 15.4 Å². The zero-order chi connectivity index (χ0) is 14.9. The molecule has 0 spiro atoms. The average molecular weight is 284 g/mol. The van der Waals surface area contributed by atoms with Gasteiger partial charge in [-0.15, -0.1) is 0 Å². The van der Waals surface area contributed by atoms with E-state index in [-0.39, 0.29) is 6.03 Å². The standard InChI is InChI=1S/C17H20N2O2/c1-2-21-13-12-18-17(20)19-16-11-7-6-10-15(16)14-8-4-3-5-9-14/h3-11H,2,12-13H2,1H3,(H2,18,19,20).